The summed E-state index contributed by atoms with van der Waals surface area (Å²) < 4.78 is 5.54. The van der Waals surface area contributed by atoms with Crippen molar-refractivity contribution in [1.29, 1.82) is 0 Å². The van der Waals surface area contributed by atoms with Gasteiger partial charge in [-0.15, -0.1) is 0 Å². The molecule has 0 aliphatic carbocycles. The molecule has 2 N–H and O–H groups in total. The lowest BCUT2D eigenvalue weighted by atomic mass is 10.2. The van der Waals surface area contributed by atoms with Crippen LogP contribution in [0, 0.1) is 0 Å². The first-order valence-corrected chi connectivity index (χ1v) is 5.44. The highest BCUT2D eigenvalue weighted by atomic mass is 16.5. The lowest BCUT2D eigenvalue weighted by molar-refractivity contribution is 0.105. The van der Waals surface area contributed by atoms with Crippen molar-refractivity contribution in [1.82, 2.24) is 9.97 Å². The molecule has 2 atom stereocenters. The van der Waals surface area contributed by atoms with Gasteiger partial charge in [0.1, 0.15) is 6.10 Å². The first-order chi connectivity index (χ1) is 7.25. The van der Waals surface area contributed by atoms with E-state index in [1.165, 1.54) is 0 Å². The van der Waals surface area contributed by atoms with E-state index < -0.39 is 0 Å². The molecule has 0 spiro atoms. The maximum absolute atomic E-state index is 5.74. The van der Waals surface area contributed by atoms with Crippen LogP contribution in [0.5, 0.6) is 0 Å². The van der Waals surface area contributed by atoms with Gasteiger partial charge in [-0.3, -0.25) is 0 Å². The number of rotatable bonds is 3. The molecule has 0 radical (unpaired) electrons. The third-order valence-corrected chi connectivity index (χ3v) is 2.48. The van der Waals surface area contributed by atoms with E-state index in [0.29, 0.717) is 0 Å². The molecule has 4 heteroatoms. The largest absolute Gasteiger partial charge is 0.370 e. The minimum atomic E-state index is 0.0954. The van der Waals surface area contributed by atoms with Gasteiger partial charge in [0.2, 0.25) is 0 Å². The second-order valence-electron chi connectivity index (χ2n) is 4.09. The second-order valence-corrected chi connectivity index (χ2v) is 4.09. The molecule has 4 nitrogen and oxygen atoms in total. The number of ether oxygens (including phenoxy) is 1. The molecule has 0 amide bonds. The van der Waals surface area contributed by atoms with Gasteiger partial charge in [-0.25, -0.2) is 9.97 Å². The zero-order valence-electron chi connectivity index (χ0n) is 9.02. The monoisotopic (exact) mass is 207 g/mol. The molecule has 82 valence electrons. The topological polar surface area (TPSA) is 61.0 Å². The molecule has 15 heavy (non-hydrogen) atoms. The molecule has 1 aromatic rings. The van der Waals surface area contributed by atoms with Gasteiger partial charge in [0.25, 0.3) is 0 Å². The maximum Gasteiger partial charge on any atom is 0.157 e. The lowest BCUT2D eigenvalue weighted by Crippen LogP contribution is -2.19. The van der Waals surface area contributed by atoms with Crippen LogP contribution in [0.1, 0.15) is 37.4 Å². The first-order valence-electron chi connectivity index (χ1n) is 5.44. The zero-order chi connectivity index (χ0) is 10.7. The Morgan fingerprint density at radius 1 is 1.67 bits per heavy atom. The summed E-state index contributed by atoms with van der Waals surface area (Å²) in [5.74, 6) is 0.811. The number of nitrogens with two attached hydrogens (primary N) is 1. The van der Waals surface area contributed by atoms with E-state index in [1.54, 1.807) is 6.20 Å². The third-order valence-electron chi connectivity index (χ3n) is 2.48. The van der Waals surface area contributed by atoms with Crippen molar-refractivity contribution in [3.05, 3.63) is 23.8 Å². The molecule has 1 fully saturated rings. The Labute approximate surface area is 89.9 Å². The Balaban J connectivity index is 2.11. The van der Waals surface area contributed by atoms with Crippen molar-refractivity contribution in [3.63, 3.8) is 0 Å². The van der Waals surface area contributed by atoms with Gasteiger partial charge in [0.05, 0.1) is 0 Å². The van der Waals surface area contributed by atoms with Crippen LogP contribution in [0.2, 0.25) is 0 Å². The normalized spacial score (nSPS) is 22.9. The molecular formula is C11H17N3O. The smallest absolute Gasteiger partial charge is 0.157 e. The van der Waals surface area contributed by atoms with Gasteiger partial charge in [0.15, 0.2) is 5.82 Å². The molecule has 0 aromatic carbocycles. The number of nitrogens with zero attached hydrogens (tertiary/aromatic N) is 2. The van der Waals surface area contributed by atoms with Crippen LogP contribution in [0.4, 0.5) is 0 Å². The highest BCUT2D eigenvalue weighted by Gasteiger charge is 2.20. The summed E-state index contributed by atoms with van der Waals surface area (Å²) >= 11 is 0. The Morgan fingerprint density at radius 3 is 3.20 bits per heavy atom. The van der Waals surface area contributed by atoms with Crippen LogP contribution < -0.4 is 5.73 Å². The predicted molar refractivity (Wildman–Crippen MR) is 57.3 cm³/mol. The van der Waals surface area contributed by atoms with Gasteiger partial charge < -0.3 is 10.5 Å². The lowest BCUT2D eigenvalue weighted by Gasteiger charge is -2.10. The van der Waals surface area contributed by atoms with E-state index >= 15 is 0 Å². The summed E-state index contributed by atoms with van der Waals surface area (Å²) in [4.78, 5) is 8.73. The molecule has 1 aromatic heterocycles. The van der Waals surface area contributed by atoms with Crippen molar-refractivity contribution < 1.29 is 4.74 Å². The summed E-state index contributed by atoms with van der Waals surface area (Å²) in [5, 5.41) is 0. The minimum absolute atomic E-state index is 0.0954. The highest BCUT2D eigenvalue weighted by molar-refractivity contribution is 5.06. The Morgan fingerprint density at radius 2 is 2.53 bits per heavy atom. The molecule has 2 heterocycles. The van der Waals surface area contributed by atoms with Crippen molar-refractivity contribution >= 4 is 0 Å². The van der Waals surface area contributed by atoms with E-state index in [-0.39, 0.29) is 12.1 Å². The summed E-state index contributed by atoms with van der Waals surface area (Å²) in [6, 6.07) is 2.05. The summed E-state index contributed by atoms with van der Waals surface area (Å²) in [7, 11) is 0. The number of hydrogen-bond acceptors (Lipinski definition) is 4. The predicted octanol–water partition coefficient (Wildman–Crippen LogP) is 1.22. The van der Waals surface area contributed by atoms with Crippen molar-refractivity contribution in [2.75, 3.05) is 6.61 Å². The second kappa shape index (κ2) is 4.68. The van der Waals surface area contributed by atoms with Crippen molar-refractivity contribution in [3.8, 4) is 0 Å². The van der Waals surface area contributed by atoms with Crippen LogP contribution in [0.3, 0.4) is 0 Å². The molecular weight excluding hydrogens is 190 g/mol. The van der Waals surface area contributed by atoms with Crippen LogP contribution in [0.25, 0.3) is 0 Å². The molecule has 2 unspecified atom stereocenters. The van der Waals surface area contributed by atoms with Crippen LogP contribution >= 0.6 is 0 Å². The van der Waals surface area contributed by atoms with Gasteiger partial charge in [-0.2, -0.15) is 0 Å². The molecule has 2 rings (SSSR count). The van der Waals surface area contributed by atoms with Gasteiger partial charge in [-0.05, 0) is 25.8 Å². The van der Waals surface area contributed by atoms with E-state index in [9.17, 15) is 0 Å². The van der Waals surface area contributed by atoms with Gasteiger partial charge in [-0.1, -0.05) is 0 Å². The highest BCUT2D eigenvalue weighted by Crippen LogP contribution is 2.25. The maximum atomic E-state index is 5.74. The van der Waals surface area contributed by atoms with Crippen LogP contribution in [-0.4, -0.2) is 22.6 Å². The summed E-state index contributed by atoms with van der Waals surface area (Å²) in [5.41, 5.74) is 6.74. The Hall–Kier alpha value is -1.00. The fourth-order valence-electron chi connectivity index (χ4n) is 1.79. The zero-order valence-corrected chi connectivity index (χ0v) is 9.02. The van der Waals surface area contributed by atoms with E-state index in [0.717, 1.165) is 37.4 Å². The summed E-state index contributed by atoms with van der Waals surface area (Å²) in [6.45, 7) is 2.80. The quantitative estimate of drug-likeness (QED) is 0.809. The molecule has 0 bridgehead atoms. The molecule has 1 saturated heterocycles. The van der Waals surface area contributed by atoms with E-state index in [4.69, 9.17) is 10.5 Å². The average molecular weight is 207 g/mol. The Bertz CT molecular complexity index is 321. The molecule has 0 saturated carbocycles. The summed E-state index contributed by atoms with van der Waals surface area (Å²) in [6.07, 6.45) is 4.81. The van der Waals surface area contributed by atoms with Crippen molar-refractivity contribution in [2.45, 2.75) is 38.3 Å². The first kappa shape index (κ1) is 10.5. The van der Waals surface area contributed by atoms with Crippen molar-refractivity contribution in [2.24, 2.45) is 5.73 Å². The third kappa shape index (κ3) is 2.73. The molecule has 1 aliphatic heterocycles. The Kier molecular flexibility index (Phi) is 3.28. The SMILES string of the molecule is CC(N)Cc1ccnc(C2CCCO2)n1. The number of hydrogen-bond donors (Lipinski definition) is 1. The van der Waals surface area contributed by atoms with Crippen LogP contribution in [0.15, 0.2) is 12.3 Å². The minimum Gasteiger partial charge on any atom is -0.370 e. The van der Waals surface area contributed by atoms with Gasteiger partial charge in [0, 0.05) is 31.0 Å². The molecule has 1 aliphatic rings. The standard InChI is InChI=1S/C11H17N3O/c1-8(12)7-9-4-5-13-11(14-9)10-3-2-6-15-10/h4-5,8,10H,2-3,6-7,12H2,1H3. The number of aromatic nitrogens is 2. The fourth-order valence-corrected chi connectivity index (χ4v) is 1.79. The average Bonchev–Trinajstić information content (AvgIpc) is 2.69. The fraction of sp³-hybridized carbons (Fsp3) is 0.636. The van der Waals surface area contributed by atoms with Crippen LogP contribution in [-0.2, 0) is 11.2 Å². The van der Waals surface area contributed by atoms with Gasteiger partial charge >= 0.3 is 0 Å². The van der Waals surface area contributed by atoms with E-state index in [1.807, 2.05) is 13.0 Å². The van der Waals surface area contributed by atoms with E-state index in [2.05, 4.69) is 9.97 Å².